The second-order valence-electron chi connectivity index (χ2n) is 7.31. The number of aromatic nitrogens is 1. The van der Waals surface area contributed by atoms with Gasteiger partial charge in [-0.1, -0.05) is 6.07 Å². The van der Waals surface area contributed by atoms with E-state index < -0.39 is 17.4 Å². The SMILES string of the molecule is Cc1cnc(Oc2ccc3c(c2)NC(C)(COc2cccc(C(=O)O)c2)N3)c(F)c1. The molecule has 1 unspecified atom stereocenters. The maximum Gasteiger partial charge on any atom is 0.335 e. The van der Waals surface area contributed by atoms with Gasteiger partial charge in [0.25, 0.3) is 5.88 Å². The number of fused-ring (bicyclic) bond motifs is 1. The van der Waals surface area contributed by atoms with E-state index in [1.807, 2.05) is 13.0 Å². The number of hydrogen-bond donors (Lipinski definition) is 3. The number of halogens is 1. The highest BCUT2D eigenvalue weighted by Crippen LogP contribution is 2.38. The zero-order valence-electron chi connectivity index (χ0n) is 16.4. The molecule has 0 radical (unpaired) electrons. The van der Waals surface area contributed by atoms with Gasteiger partial charge in [0, 0.05) is 12.3 Å². The average Bonchev–Trinajstić information content (AvgIpc) is 3.05. The Kier molecular flexibility index (Phi) is 4.91. The Labute approximate surface area is 172 Å². The van der Waals surface area contributed by atoms with Gasteiger partial charge in [-0.2, -0.15) is 0 Å². The Bertz CT molecular complexity index is 1120. The number of aromatic carboxylic acids is 1. The van der Waals surface area contributed by atoms with Crippen LogP contribution in [0.4, 0.5) is 15.8 Å². The molecule has 1 aliphatic rings. The van der Waals surface area contributed by atoms with Crippen molar-refractivity contribution in [2.45, 2.75) is 19.5 Å². The van der Waals surface area contributed by atoms with Crippen LogP contribution in [0.5, 0.6) is 17.4 Å². The van der Waals surface area contributed by atoms with E-state index in [0.717, 1.165) is 11.4 Å². The van der Waals surface area contributed by atoms with Gasteiger partial charge >= 0.3 is 5.97 Å². The summed E-state index contributed by atoms with van der Waals surface area (Å²) in [6, 6.07) is 13.0. The molecule has 7 nitrogen and oxygen atoms in total. The summed E-state index contributed by atoms with van der Waals surface area (Å²) in [5.41, 5.74) is 1.85. The van der Waals surface area contributed by atoms with E-state index in [4.69, 9.17) is 14.6 Å². The lowest BCUT2D eigenvalue weighted by Crippen LogP contribution is -2.44. The summed E-state index contributed by atoms with van der Waals surface area (Å²) < 4.78 is 25.4. The summed E-state index contributed by atoms with van der Waals surface area (Å²) >= 11 is 0. The van der Waals surface area contributed by atoms with Gasteiger partial charge in [-0.25, -0.2) is 14.2 Å². The number of pyridine rings is 1. The second-order valence-corrected chi connectivity index (χ2v) is 7.31. The molecule has 2 heterocycles. The van der Waals surface area contributed by atoms with E-state index in [1.165, 1.54) is 18.2 Å². The molecule has 0 saturated carbocycles. The molecule has 4 rings (SSSR count). The van der Waals surface area contributed by atoms with Crippen molar-refractivity contribution in [3.63, 3.8) is 0 Å². The number of benzene rings is 2. The fraction of sp³-hybridized carbons (Fsp3) is 0.182. The molecule has 3 N–H and O–H groups in total. The predicted octanol–water partition coefficient (Wildman–Crippen LogP) is 4.65. The van der Waals surface area contributed by atoms with Crippen molar-refractivity contribution in [1.29, 1.82) is 0 Å². The van der Waals surface area contributed by atoms with Gasteiger partial charge in [0.05, 0.1) is 16.9 Å². The molecule has 0 aliphatic carbocycles. The Balaban J connectivity index is 1.44. The van der Waals surface area contributed by atoms with Crippen molar-refractivity contribution >= 4 is 17.3 Å². The molecule has 0 fully saturated rings. The van der Waals surface area contributed by atoms with Gasteiger partial charge in [-0.3, -0.25) is 0 Å². The molecular formula is C22H20FN3O4. The first-order valence-corrected chi connectivity index (χ1v) is 9.28. The van der Waals surface area contributed by atoms with Crippen LogP contribution in [-0.4, -0.2) is 28.3 Å². The third-order valence-electron chi connectivity index (χ3n) is 4.58. The quantitative estimate of drug-likeness (QED) is 0.546. The van der Waals surface area contributed by atoms with Crippen LogP contribution in [-0.2, 0) is 0 Å². The highest BCUT2D eigenvalue weighted by atomic mass is 19.1. The van der Waals surface area contributed by atoms with Crippen molar-refractivity contribution in [3.8, 4) is 17.4 Å². The van der Waals surface area contributed by atoms with Crippen LogP contribution >= 0.6 is 0 Å². The first kappa shape index (κ1) is 19.5. The maximum absolute atomic E-state index is 14.0. The summed E-state index contributed by atoms with van der Waals surface area (Å²) in [4.78, 5) is 15.1. The van der Waals surface area contributed by atoms with Crippen molar-refractivity contribution in [1.82, 2.24) is 4.98 Å². The summed E-state index contributed by atoms with van der Waals surface area (Å²) in [6.45, 7) is 3.90. The summed E-state index contributed by atoms with van der Waals surface area (Å²) in [7, 11) is 0. The number of aryl methyl sites for hydroxylation is 1. The van der Waals surface area contributed by atoms with Crippen molar-refractivity contribution < 1.29 is 23.8 Å². The van der Waals surface area contributed by atoms with Crippen molar-refractivity contribution in [2.75, 3.05) is 17.2 Å². The van der Waals surface area contributed by atoms with Crippen LogP contribution < -0.4 is 20.1 Å². The number of ether oxygens (including phenoxy) is 2. The molecule has 1 atom stereocenters. The van der Waals surface area contributed by atoms with Gasteiger partial charge in [0.1, 0.15) is 23.8 Å². The Morgan fingerprint density at radius 2 is 1.93 bits per heavy atom. The first-order valence-electron chi connectivity index (χ1n) is 9.28. The number of carbonyl (C=O) groups is 1. The van der Waals surface area contributed by atoms with Crippen LogP contribution in [0.25, 0.3) is 0 Å². The number of carboxylic acid groups (broad SMARTS) is 1. The predicted molar refractivity (Wildman–Crippen MR) is 110 cm³/mol. The van der Waals surface area contributed by atoms with Gasteiger partial charge in [-0.05, 0) is 55.8 Å². The van der Waals surface area contributed by atoms with E-state index in [2.05, 4.69) is 15.6 Å². The molecule has 30 heavy (non-hydrogen) atoms. The van der Waals surface area contributed by atoms with Crippen LogP contribution in [0.15, 0.2) is 54.7 Å². The largest absolute Gasteiger partial charge is 0.489 e. The highest BCUT2D eigenvalue weighted by molar-refractivity contribution is 5.88. The topological polar surface area (TPSA) is 92.7 Å². The van der Waals surface area contributed by atoms with E-state index in [9.17, 15) is 9.18 Å². The van der Waals surface area contributed by atoms with E-state index in [1.54, 1.807) is 37.4 Å². The minimum atomic E-state index is -1.01. The first-order chi connectivity index (χ1) is 14.3. The van der Waals surface area contributed by atoms with Gasteiger partial charge in [0.15, 0.2) is 5.82 Å². The lowest BCUT2D eigenvalue weighted by molar-refractivity contribution is 0.0696. The number of anilines is 2. The summed E-state index contributed by atoms with van der Waals surface area (Å²) in [5, 5.41) is 15.8. The highest BCUT2D eigenvalue weighted by Gasteiger charge is 2.32. The lowest BCUT2D eigenvalue weighted by atomic mass is 10.2. The standard InChI is InChI=1S/C22H20FN3O4/c1-13-8-17(23)20(24-11-13)30-16-6-7-18-19(10-16)26-22(2,25-18)12-29-15-5-3-4-14(9-15)21(27)28/h3-11,25-26H,12H2,1-2H3,(H,27,28). The van der Waals surface area contributed by atoms with Crippen LogP contribution in [0.3, 0.4) is 0 Å². The van der Waals surface area contributed by atoms with E-state index in [-0.39, 0.29) is 18.1 Å². The number of hydrogen-bond acceptors (Lipinski definition) is 6. The molecule has 8 heteroatoms. The van der Waals surface area contributed by atoms with Crippen molar-refractivity contribution in [2.24, 2.45) is 0 Å². The van der Waals surface area contributed by atoms with Crippen molar-refractivity contribution in [3.05, 3.63) is 71.7 Å². The van der Waals surface area contributed by atoms with E-state index in [0.29, 0.717) is 17.1 Å². The Morgan fingerprint density at radius 1 is 1.13 bits per heavy atom. The minimum absolute atomic E-state index is 0.0871. The van der Waals surface area contributed by atoms with Gasteiger partial charge in [-0.15, -0.1) is 0 Å². The van der Waals surface area contributed by atoms with Crippen LogP contribution in [0, 0.1) is 12.7 Å². The summed E-state index contributed by atoms with van der Waals surface area (Å²) in [6.07, 6.45) is 1.54. The fourth-order valence-corrected chi connectivity index (χ4v) is 3.15. The molecule has 1 aliphatic heterocycles. The minimum Gasteiger partial charge on any atom is -0.489 e. The monoisotopic (exact) mass is 409 g/mol. The molecule has 2 aromatic carbocycles. The van der Waals surface area contributed by atoms with E-state index >= 15 is 0 Å². The molecule has 154 valence electrons. The third kappa shape index (κ3) is 4.12. The molecule has 0 saturated heterocycles. The molecular weight excluding hydrogens is 389 g/mol. The number of carboxylic acids is 1. The molecule has 0 amide bonds. The molecule has 0 bridgehead atoms. The molecule has 3 aromatic rings. The average molecular weight is 409 g/mol. The lowest BCUT2D eigenvalue weighted by Gasteiger charge is -2.26. The van der Waals surface area contributed by atoms with Gasteiger partial charge < -0.3 is 25.2 Å². The normalized spacial score (nSPS) is 16.9. The zero-order chi connectivity index (χ0) is 21.3. The number of rotatable bonds is 6. The second kappa shape index (κ2) is 7.55. The molecule has 0 spiro atoms. The smallest absolute Gasteiger partial charge is 0.335 e. The maximum atomic E-state index is 14.0. The Morgan fingerprint density at radius 3 is 2.70 bits per heavy atom. The fourth-order valence-electron chi connectivity index (χ4n) is 3.15. The van der Waals surface area contributed by atoms with Crippen LogP contribution in [0.2, 0.25) is 0 Å². The summed E-state index contributed by atoms with van der Waals surface area (Å²) in [5.74, 6) is -0.721. The zero-order valence-corrected chi connectivity index (χ0v) is 16.4. The number of nitrogens with zero attached hydrogens (tertiary/aromatic N) is 1. The third-order valence-corrected chi connectivity index (χ3v) is 4.58. The van der Waals surface area contributed by atoms with Crippen LogP contribution in [0.1, 0.15) is 22.8 Å². The number of nitrogens with one attached hydrogen (secondary N) is 2. The Hall–Kier alpha value is -3.81. The molecule has 1 aromatic heterocycles. The van der Waals surface area contributed by atoms with Gasteiger partial charge in [0.2, 0.25) is 0 Å².